The molecule has 1 atom stereocenters. The van der Waals surface area contributed by atoms with Gasteiger partial charge in [0.25, 0.3) is 0 Å². The third kappa shape index (κ3) is 5.43. The van der Waals surface area contributed by atoms with Crippen molar-refractivity contribution in [2.45, 2.75) is 18.9 Å². The van der Waals surface area contributed by atoms with Crippen LogP contribution in [0.1, 0.15) is 24.4 Å². The van der Waals surface area contributed by atoms with Crippen LogP contribution < -0.4 is 9.64 Å². The first kappa shape index (κ1) is 23.8. The Labute approximate surface area is 199 Å². The van der Waals surface area contributed by atoms with E-state index in [4.69, 9.17) is 21.4 Å². The number of anilines is 1. The molecule has 0 radical (unpaired) electrons. The molecular formula is C23H28ClN3O5S. The third-order valence-electron chi connectivity index (χ3n) is 5.97. The molecule has 1 N–H and O–H groups in total. The lowest BCUT2D eigenvalue weighted by molar-refractivity contribution is 0.201. The summed E-state index contributed by atoms with van der Waals surface area (Å²) < 4.78 is 32.5. The molecule has 178 valence electrons. The van der Waals surface area contributed by atoms with Crippen molar-refractivity contribution >= 4 is 33.3 Å². The average molecular weight is 494 g/mol. The molecular weight excluding hydrogens is 466 g/mol. The molecule has 0 bridgehead atoms. The third-order valence-corrected chi connectivity index (χ3v) is 8.07. The van der Waals surface area contributed by atoms with E-state index in [9.17, 15) is 13.2 Å². The van der Waals surface area contributed by atoms with Gasteiger partial charge in [-0.05, 0) is 54.8 Å². The molecule has 1 unspecified atom stereocenters. The predicted octanol–water partition coefficient (Wildman–Crippen LogP) is 3.12. The summed E-state index contributed by atoms with van der Waals surface area (Å²) in [7, 11) is -3.40. The van der Waals surface area contributed by atoms with Crippen molar-refractivity contribution in [1.29, 1.82) is 0 Å². The lowest BCUT2D eigenvalue weighted by atomic mass is 10.1. The molecule has 2 fully saturated rings. The lowest BCUT2D eigenvalue weighted by Crippen LogP contribution is -2.38. The number of aliphatic hydroxyl groups excluding tert-OH is 1. The predicted molar refractivity (Wildman–Crippen MR) is 127 cm³/mol. The van der Waals surface area contributed by atoms with Crippen molar-refractivity contribution in [3.8, 4) is 5.75 Å². The molecule has 0 spiro atoms. The monoisotopic (exact) mass is 493 g/mol. The van der Waals surface area contributed by atoms with Gasteiger partial charge >= 0.3 is 6.03 Å². The van der Waals surface area contributed by atoms with E-state index in [-0.39, 0.29) is 37.6 Å². The minimum Gasteiger partial charge on any atom is -0.491 e. The van der Waals surface area contributed by atoms with Gasteiger partial charge in [-0.15, -0.1) is 0 Å². The Morgan fingerprint density at radius 1 is 1.09 bits per heavy atom. The molecule has 10 heteroatoms. The Bertz CT molecular complexity index is 1070. The van der Waals surface area contributed by atoms with E-state index in [1.807, 2.05) is 18.2 Å². The molecule has 2 saturated heterocycles. The van der Waals surface area contributed by atoms with Gasteiger partial charge in [0.15, 0.2) is 0 Å². The zero-order chi connectivity index (χ0) is 23.4. The number of nitrogens with zero attached hydrogens (tertiary/aromatic N) is 3. The van der Waals surface area contributed by atoms with Gasteiger partial charge in [-0.25, -0.2) is 17.5 Å². The van der Waals surface area contributed by atoms with Crippen molar-refractivity contribution in [2.24, 2.45) is 0 Å². The highest BCUT2D eigenvalue weighted by Gasteiger charge is 2.40. The zero-order valence-corrected chi connectivity index (χ0v) is 19.8. The Kier molecular flexibility index (Phi) is 7.43. The summed E-state index contributed by atoms with van der Waals surface area (Å²) in [5.41, 5.74) is 1.54. The molecule has 0 aliphatic carbocycles. The van der Waals surface area contributed by atoms with Gasteiger partial charge in [-0.1, -0.05) is 23.7 Å². The second kappa shape index (κ2) is 10.3. The van der Waals surface area contributed by atoms with Gasteiger partial charge in [0.2, 0.25) is 10.0 Å². The fourth-order valence-corrected chi connectivity index (χ4v) is 5.93. The van der Waals surface area contributed by atoms with Gasteiger partial charge in [-0.3, -0.25) is 4.90 Å². The largest absolute Gasteiger partial charge is 0.491 e. The molecule has 2 heterocycles. The van der Waals surface area contributed by atoms with Crippen LogP contribution in [0.4, 0.5) is 10.5 Å². The summed E-state index contributed by atoms with van der Waals surface area (Å²) >= 11 is 6.05. The molecule has 2 aromatic rings. The van der Waals surface area contributed by atoms with Crippen molar-refractivity contribution in [3.05, 3.63) is 59.1 Å². The summed E-state index contributed by atoms with van der Waals surface area (Å²) in [5, 5.41) is 9.61. The summed E-state index contributed by atoms with van der Waals surface area (Å²) in [6.45, 7) is 1.66. The van der Waals surface area contributed by atoms with Crippen LogP contribution in [0.3, 0.4) is 0 Å². The SMILES string of the molecule is O=C1N(CCS(=O)(=O)N2CCCC2)CC(c2cccc(OCCO)c2)N1c1ccc(Cl)cc1. The quantitative estimate of drug-likeness (QED) is 0.579. The number of aliphatic hydroxyl groups is 1. The summed E-state index contributed by atoms with van der Waals surface area (Å²) in [4.78, 5) is 16.7. The van der Waals surface area contributed by atoms with Gasteiger partial charge in [0.1, 0.15) is 12.4 Å². The van der Waals surface area contributed by atoms with E-state index in [2.05, 4.69) is 0 Å². The number of hydrogen-bond acceptors (Lipinski definition) is 5. The number of halogens is 1. The van der Waals surface area contributed by atoms with E-state index in [1.165, 1.54) is 4.31 Å². The van der Waals surface area contributed by atoms with Crippen molar-refractivity contribution in [3.63, 3.8) is 0 Å². The van der Waals surface area contributed by atoms with Gasteiger partial charge in [0.05, 0.1) is 18.4 Å². The Morgan fingerprint density at radius 3 is 2.52 bits per heavy atom. The molecule has 0 aromatic heterocycles. The number of ether oxygens (including phenoxy) is 1. The summed E-state index contributed by atoms with van der Waals surface area (Å²) in [5.74, 6) is 0.500. The normalized spacial score (nSPS) is 19.5. The Balaban J connectivity index is 1.58. The van der Waals surface area contributed by atoms with Crippen LogP contribution in [0.5, 0.6) is 5.75 Å². The van der Waals surface area contributed by atoms with Crippen LogP contribution in [-0.4, -0.2) is 73.9 Å². The highest BCUT2D eigenvalue weighted by molar-refractivity contribution is 7.89. The second-order valence-electron chi connectivity index (χ2n) is 8.16. The highest BCUT2D eigenvalue weighted by Crippen LogP contribution is 2.36. The zero-order valence-electron chi connectivity index (χ0n) is 18.3. The van der Waals surface area contributed by atoms with E-state index < -0.39 is 10.0 Å². The maximum atomic E-state index is 13.4. The smallest absolute Gasteiger partial charge is 0.325 e. The standard InChI is InChI=1S/C23H28ClN3O5S/c24-19-6-8-20(9-7-19)27-22(18-4-3-5-21(16-18)32-14-13-28)17-25(23(27)29)12-15-33(30,31)26-10-1-2-11-26/h3-9,16,22,28H,1-2,10-15,17H2. The topological polar surface area (TPSA) is 90.4 Å². The number of carbonyl (C=O) groups excluding carboxylic acids is 1. The number of hydrogen-bond donors (Lipinski definition) is 1. The van der Waals surface area contributed by atoms with Crippen molar-refractivity contribution in [2.75, 3.05) is 50.0 Å². The molecule has 8 nitrogen and oxygen atoms in total. The fraction of sp³-hybridized carbons (Fsp3) is 0.435. The molecule has 33 heavy (non-hydrogen) atoms. The van der Waals surface area contributed by atoms with E-state index in [1.54, 1.807) is 40.1 Å². The van der Waals surface area contributed by atoms with Crippen LogP contribution in [0.25, 0.3) is 0 Å². The van der Waals surface area contributed by atoms with Gasteiger partial charge < -0.3 is 14.7 Å². The molecule has 2 aromatic carbocycles. The van der Waals surface area contributed by atoms with Crippen molar-refractivity contribution in [1.82, 2.24) is 9.21 Å². The van der Waals surface area contributed by atoms with E-state index in [0.29, 0.717) is 36.1 Å². The van der Waals surface area contributed by atoms with Gasteiger partial charge in [0, 0.05) is 36.9 Å². The van der Waals surface area contributed by atoms with E-state index >= 15 is 0 Å². The number of amides is 2. The number of benzene rings is 2. The maximum Gasteiger partial charge on any atom is 0.325 e. The fourth-order valence-electron chi connectivity index (χ4n) is 4.28. The van der Waals surface area contributed by atoms with Crippen molar-refractivity contribution < 1.29 is 23.1 Å². The van der Waals surface area contributed by atoms with Crippen LogP contribution >= 0.6 is 11.6 Å². The van der Waals surface area contributed by atoms with Crippen LogP contribution in [0.2, 0.25) is 5.02 Å². The first-order valence-corrected chi connectivity index (χ1v) is 13.0. The average Bonchev–Trinajstić information content (AvgIpc) is 3.46. The summed E-state index contributed by atoms with van der Waals surface area (Å²) in [6, 6.07) is 13.8. The lowest BCUT2D eigenvalue weighted by Gasteiger charge is -2.24. The minimum atomic E-state index is -3.40. The Hall–Kier alpha value is -2.33. The molecule has 2 aliphatic rings. The second-order valence-corrected chi connectivity index (χ2v) is 10.7. The van der Waals surface area contributed by atoms with Crippen LogP contribution in [0.15, 0.2) is 48.5 Å². The first-order chi connectivity index (χ1) is 15.9. The van der Waals surface area contributed by atoms with Crippen LogP contribution in [0, 0.1) is 0 Å². The Morgan fingerprint density at radius 2 is 1.82 bits per heavy atom. The number of rotatable bonds is 9. The number of carbonyl (C=O) groups is 1. The number of sulfonamides is 1. The summed E-state index contributed by atoms with van der Waals surface area (Å²) in [6.07, 6.45) is 1.76. The molecule has 2 aliphatic heterocycles. The molecule has 2 amide bonds. The van der Waals surface area contributed by atoms with E-state index in [0.717, 1.165) is 18.4 Å². The molecule has 4 rings (SSSR count). The first-order valence-electron chi connectivity index (χ1n) is 11.0. The molecule has 0 saturated carbocycles. The van der Waals surface area contributed by atoms with Crippen LogP contribution in [-0.2, 0) is 10.0 Å². The van der Waals surface area contributed by atoms with Gasteiger partial charge in [-0.2, -0.15) is 0 Å². The number of urea groups is 1. The maximum absolute atomic E-state index is 13.4. The minimum absolute atomic E-state index is 0.0949. The highest BCUT2D eigenvalue weighted by atomic mass is 35.5.